The van der Waals surface area contributed by atoms with E-state index in [1.165, 1.54) is 18.2 Å². The first-order valence-corrected chi connectivity index (χ1v) is 3.31. The van der Waals surface area contributed by atoms with E-state index in [-0.39, 0.29) is 5.56 Å². The summed E-state index contributed by atoms with van der Waals surface area (Å²) in [5, 5.41) is 0. The molecule has 0 aromatic heterocycles. The van der Waals surface area contributed by atoms with Crippen LogP contribution in [0.25, 0.3) is 6.08 Å². The minimum absolute atomic E-state index is 0.0714. The molecule has 1 nitrogen and oxygen atoms in total. The summed E-state index contributed by atoms with van der Waals surface area (Å²) in [6.07, 6.45) is 2.83. The molecule has 0 saturated carbocycles. The first-order chi connectivity index (χ1) is 5.75. The molecule has 3 heteroatoms. The van der Waals surface area contributed by atoms with Crippen LogP contribution in [0.4, 0.5) is 8.78 Å². The Balaban J connectivity index is 3.07. The second kappa shape index (κ2) is 3.76. The van der Waals surface area contributed by atoms with E-state index in [0.29, 0.717) is 6.29 Å². The molecule has 0 fully saturated rings. The van der Waals surface area contributed by atoms with Gasteiger partial charge in [0.2, 0.25) is 0 Å². The summed E-state index contributed by atoms with van der Waals surface area (Å²) < 4.78 is 25.3. The SMILES string of the molecule is O=CC=Cc1cccc(F)c1F. The van der Waals surface area contributed by atoms with Crippen molar-refractivity contribution < 1.29 is 13.6 Å². The molecule has 12 heavy (non-hydrogen) atoms. The van der Waals surface area contributed by atoms with Gasteiger partial charge in [-0.1, -0.05) is 12.1 Å². The quantitative estimate of drug-likeness (QED) is 0.488. The minimum atomic E-state index is -0.935. The van der Waals surface area contributed by atoms with Gasteiger partial charge in [-0.05, 0) is 18.2 Å². The Morgan fingerprint density at radius 1 is 1.25 bits per heavy atom. The molecule has 0 bridgehead atoms. The average molecular weight is 168 g/mol. The fourth-order valence-corrected chi connectivity index (χ4v) is 0.792. The molecule has 0 aliphatic heterocycles. The number of hydrogen-bond acceptors (Lipinski definition) is 1. The van der Waals surface area contributed by atoms with Gasteiger partial charge in [-0.2, -0.15) is 0 Å². The average Bonchev–Trinajstić information content (AvgIpc) is 2.08. The predicted octanol–water partition coefficient (Wildman–Crippen LogP) is 2.18. The topological polar surface area (TPSA) is 17.1 Å². The van der Waals surface area contributed by atoms with Crippen molar-refractivity contribution >= 4 is 12.4 Å². The van der Waals surface area contributed by atoms with Crippen LogP contribution in [0, 0.1) is 11.6 Å². The molecule has 0 saturated heterocycles. The number of benzene rings is 1. The van der Waals surface area contributed by atoms with Crippen LogP contribution in [-0.4, -0.2) is 6.29 Å². The maximum absolute atomic E-state index is 12.8. The Hall–Kier alpha value is -1.51. The highest BCUT2D eigenvalue weighted by Gasteiger charge is 2.03. The highest BCUT2D eigenvalue weighted by atomic mass is 19.2. The second-order valence-corrected chi connectivity index (χ2v) is 2.14. The molecular weight excluding hydrogens is 162 g/mol. The number of carbonyl (C=O) groups is 1. The molecule has 1 aromatic rings. The van der Waals surface area contributed by atoms with Gasteiger partial charge in [0.15, 0.2) is 11.6 Å². The van der Waals surface area contributed by atoms with Crippen molar-refractivity contribution in [3.05, 3.63) is 41.5 Å². The first kappa shape index (κ1) is 8.59. The standard InChI is InChI=1S/C9H6F2O/c10-8-5-1-3-7(9(8)11)4-2-6-12/h1-6H. The van der Waals surface area contributed by atoms with Gasteiger partial charge < -0.3 is 0 Å². The van der Waals surface area contributed by atoms with E-state index in [1.807, 2.05) is 0 Å². The Kier molecular flexibility index (Phi) is 2.69. The number of hydrogen-bond donors (Lipinski definition) is 0. The molecule has 0 unspecified atom stereocenters. The van der Waals surface area contributed by atoms with E-state index in [0.717, 1.165) is 12.1 Å². The normalized spacial score (nSPS) is 10.5. The molecule has 0 radical (unpaired) electrons. The molecule has 0 heterocycles. The number of halogens is 2. The summed E-state index contributed by atoms with van der Waals surface area (Å²) >= 11 is 0. The smallest absolute Gasteiger partial charge is 0.166 e. The van der Waals surface area contributed by atoms with Crippen LogP contribution in [0.3, 0.4) is 0 Å². The fraction of sp³-hybridized carbons (Fsp3) is 0. The Morgan fingerprint density at radius 2 is 2.00 bits per heavy atom. The van der Waals surface area contributed by atoms with Crippen molar-refractivity contribution in [2.24, 2.45) is 0 Å². The molecule has 0 aliphatic rings. The predicted molar refractivity (Wildman–Crippen MR) is 41.5 cm³/mol. The Morgan fingerprint density at radius 3 is 2.67 bits per heavy atom. The van der Waals surface area contributed by atoms with Crippen molar-refractivity contribution in [2.75, 3.05) is 0 Å². The lowest BCUT2D eigenvalue weighted by Gasteiger charge is -1.95. The van der Waals surface area contributed by atoms with E-state index in [1.54, 1.807) is 0 Å². The van der Waals surface area contributed by atoms with Crippen molar-refractivity contribution in [1.29, 1.82) is 0 Å². The summed E-state index contributed by atoms with van der Waals surface area (Å²) in [4.78, 5) is 9.87. The molecule has 0 amide bonds. The molecular formula is C9H6F2O. The molecule has 62 valence electrons. The lowest BCUT2D eigenvalue weighted by Crippen LogP contribution is -1.86. The maximum Gasteiger partial charge on any atom is 0.166 e. The maximum atomic E-state index is 12.8. The highest BCUT2D eigenvalue weighted by Crippen LogP contribution is 2.12. The monoisotopic (exact) mass is 168 g/mol. The van der Waals surface area contributed by atoms with Crippen LogP contribution in [0.5, 0.6) is 0 Å². The van der Waals surface area contributed by atoms with Crippen molar-refractivity contribution in [3.8, 4) is 0 Å². The van der Waals surface area contributed by atoms with Gasteiger partial charge in [0.1, 0.15) is 6.29 Å². The van der Waals surface area contributed by atoms with Gasteiger partial charge in [0.25, 0.3) is 0 Å². The van der Waals surface area contributed by atoms with Crippen molar-refractivity contribution in [3.63, 3.8) is 0 Å². The Labute approximate surface area is 68.3 Å². The van der Waals surface area contributed by atoms with Gasteiger partial charge in [-0.15, -0.1) is 0 Å². The summed E-state index contributed by atoms with van der Waals surface area (Å²) in [5.74, 6) is -1.85. The molecule has 1 rings (SSSR count). The zero-order valence-corrected chi connectivity index (χ0v) is 6.13. The number of aldehydes is 1. The third kappa shape index (κ3) is 1.75. The molecule has 0 spiro atoms. The molecule has 0 aliphatic carbocycles. The summed E-state index contributed by atoms with van der Waals surface area (Å²) in [5.41, 5.74) is 0.0714. The number of allylic oxidation sites excluding steroid dienone is 1. The van der Waals surface area contributed by atoms with Crippen LogP contribution < -0.4 is 0 Å². The molecule has 1 aromatic carbocycles. The highest BCUT2D eigenvalue weighted by molar-refractivity contribution is 5.73. The van der Waals surface area contributed by atoms with Crippen LogP contribution in [0.2, 0.25) is 0 Å². The summed E-state index contributed by atoms with van der Waals surface area (Å²) in [6, 6.07) is 3.79. The minimum Gasteiger partial charge on any atom is -0.299 e. The van der Waals surface area contributed by atoms with E-state index in [9.17, 15) is 13.6 Å². The molecule has 0 N–H and O–H groups in total. The summed E-state index contributed by atoms with van der Waals surface area (Å²) in [7, 11) is 0. The fourth-order valence-electron chi connectivity index (χ4n) is 0.792. The van der Waals surface area contributed by atoms with Gasteiger partial charge in [0, 0.05) is 5.56 Å². The van der Waals surface area contributed by atoms with Gasteiger partial charge in [-0.3, -0.25) is 4.79 Å². The second-order valence-electron chi connectivity index (χ2n) is 2.14. The van der Waals surface area contributed by atoms with E-state index >= 15 is 0 Å². The van der Waals surface area contributed by atoms with Crippen LogP contribution >= 0.6 is 0 Å². The van der Waals surface area contributed by atoms with Gasteiger partial charge in [0.05, 0.1) is 0 Å². The van der Waals surface area contributed by atoms with Crippen molar-refractivity contribution in [2.45, 2.75) is 0 Å². The third-order valence-corrected chi connectivity index (χ3v) is 1.34. The van der Waals surface area contributed by atoms with Gasteiger partial charge >= 0.3 is 0 Å². The van der Waals surface area contributed by atoms with E-state index in [4.69, 9.17) is 0 Å². The van der Waals surface area contributed by atoms with E-state index < -0.39 is 11.6 Å². The lowest BCUT2D eigenvalue weighted by molar-refractivity contribution is -0.104. The number of carbonyl (C=O) groups excluding carboxylic acids is 1. The zero-order valence-electron chi connectivity index (χ0n) is 6.13. The van der Waals surface area contributed by atoms with Crippen molar-refractivity contribution in [1.82, 2.24) is 0 Å². The summed E-state index contributed by atoms with van der Waals surface area (Å²) in [6.45, 7) is 0. The Bertz CT molecular complexity index is 318. The zero-order chi connectivity index (χ0) is 8.97. The lowest BCUT2D eigenvalue weighted by atomic mass is 10.2. The van der Waals surface area contributed by atoms with E-state index in [2.05, 4.69) is 0 Å². The van der Waals surface area contributed by atoms with Crippen LogP contribution in [-0.2, 0) is 4.79 Å². The first-order valence-electron chi connectivity index (χ1n) is 3.31. The largest absolute Gasteiger partial charge is 0.299 e. The van der Waals surface area contributed by atoms with Gasteiger partial charge in [-0.25, -0.2) is 8.78 Å². The molecule has 0 atom stereocenters. The third-order valence-electron chi connectivity index (χ3n) is 1.34. The van der Waals surface area contributed by atoms with Crippen LogP contribution in [0.1, 0.15) is 5.56 Å². The van der Waals surface area contributed by atoms with Crippen LogP contribution in [0.15, 0.2) is 24.3 Å². The number of rotatable bonds is 2.